The van der Waals surface area contributed by atoms with Crippen molar-refractivity contribution in [2.45, 2.75) is 18.4 Å². The fraction of sp³-hybridized carbons (Fsp3) is 0.800. The van der Waals surface area contributed by atoms with Gasteiger partial charge in [-0.3, -0.25) is 4.79 Å². The van der Waals surface area contributed by atoms with Gasteiger partial charge in [0.2, 0.25) is 5.91 Å². The lowest BCUT2D eigenvalue weighted by Gasteiger charge is -2.40. The first-order chi connectivity index (χ1) is 8.04. The van der Waals surface area contributed by atoms with E-state index in [1.807, 2.05) is 13.3 Å². The molecule has 7 heteroatoms. The Morgan fingerprint density at radius 1 is 1.59 bits per heavy atom. The highest BCUT2D eigenvalue weighted by Crippen LogP contribution is 2.22. The smallest absolute Gasteiger partial charge is 0.230 e. The van der Waals surface area contributed by atoms with Gasteiger partial charge in [-0.15, -0.1) is 0 Å². The Hall–Kier alpha value is -0.950. The first kappa shape index (κ1) is 14.1. The van der Waals surface area contributed by atoms with Crippen LogP contribution in [0.1, 0.15) is 12.8 Å². The zero-order chi connectivity index (χ0) is 12.9. The molecule has 4 N–H and O–H groups in total. The molecule has 1 aliphatic rings. The van der Waals surface area contributed by atoms with Crippen molar-refractivity contribution in [3.63, 3.8) is 0 Å². The van der Waals surface area contributed by atoms with E-state index in [-0.39, 0.29) is 11.7 Å². The van der Waals surface area contributed by atoms with Crippen LogP contribution in [-0.4, -0.2) is 59.5 Å². The predicted molar refractivity (Wildman–Crippen MR) is 69.4 cm³/mol. The SMILES string of the molecule is CSCC(=O)NC1(C(N)=NO)CCN(C)CC1. The maximum absolute atomic E-state index is 11.7. The van der Waals surface area contributed by atoms with Crippen molar-refractivity contribution in [2.75, 3.05) is 32.1 Å². The number of carbonyl (C=O) groups is 1. The van der Waals surface area contributed by atoms with Crippen LogP contribution >= 0.6 is 11.8 Å². The van der Waals surface area contributed by atoms with Gasteiger partial charge in [-0.25, -0.2) is 0 Å². The minimum atomic E-state index is -0.686. The number of rotatable bonds is 4. The number of carbonyl (C=O) groups excluding carboxylic acids is 1. The molecule has 0 saturated carbocycles. The molecule has 17 heavy (non-hydrogen) atoms. The Morgan fingerprint density at radius 3 is 2.65 bits per heavy atom. The lowest BCUT2D eigenvalue weighted by molar-refractivity contribution is -0.120. The highest BCUT2D eigenvalue weighted by atomic mass is 32.2. The van der Waals surface area contributed by atoms with E-state index < -0.39 is 5.54 Å². The average molecular weight is 260 g/mol. The van der Waals surface area contributed by atoms with Crippen molar-refractivity contribution < 1.29 is 10.0 Å². The van der Waals surface area contributed by atoms with Crippen LogP contribution in [0.5, 0.6) is 0 Å². The highest BCUT2D eigenvalue weighted by Gasteiger charge is 2.39. The van der Waals surface area contributed by atoms with Crippen LogP contribution < -0.4 is 11.1 Å². The molecule has 6 nitrogen and oxygen atoms in total. The summed E-state index contributed by atoms with van der Waals surface area (Å²) >= 11 is 1.45. The predicted octanol–water partition coefficient (Wildman–Crippen LogP) is -0.324. The maximum atomic E-state index is 11.7. The number of amides is 1. The normalized spacial score (nSPS) is 21.2. The summed E-state index contributed by atoms with van der Waals surface area (Å²) in [4.78, 5) is 13.8. The topological polar surface area (TPSA) is 91.0 Å². The van der Waals surface area contributed by atoms with Crippen LogP contribution in [0, 0.1) is 0 Å². The second-order valence-electron chi connectivity index (χ2n) is 4.35. The molecular formula is C10H20N4O2S. The largest absolute Gasteiger partial charge is 0.409 e. The van der Waals surface area contributed by atoms with Crippen LogP contribution in [-0.2, 0) is 4.79 Å². The van der Waals surface area contributed by atoms with Crippen LogP contribution in [0.3, 0.4) is 0 Å². The van der Waals surface area contributed by atoms with Crippen molar-refractivity contribution in [2.24, 2.45) is 10.9 Å². The Bertz CT molecular complexity index is 301. The van der Waals surface area contributed by atoms with Gasteiger partial charge in [-0.2, -0.15) is 11.8 Å². The molecule has 0 spiro atoms. The Kier molecular flexibility index (Phi) is 5.07. The zero-order valence-electron chi connectivity index (χ0n) is 10.3. The van der Waals surface area contributed by atoms with Gasteiger partial charge in [-0.05, 0) is 26.1 Å². The van der Waals surface area contributed by atoms with Gasteiger partial charge < -0.3 is 21.2 Å². The van der Waals surface area contributed by atoms with E-state index in [1.165, 1.54) is 11.8 Å². The molecule has 0 radical (unpaired) electrons. The van der Waals surface area contributed by atoms with Crippen molar-refractivity contribution in [1.29, 1.82) is 0 Å². The lowest BCUT2D eigenvalue weighted by Crippen LogP contribution is -2.62. The summed E-state index contributed by atoms with van der Waals surface area (Å²) in [6.07, 6.45) is 3.20. The molecule has 1 amide bonds. The number of oxime groups is 1. The van der Waals surface area contributed by atoms with Crippen molar-refractivity contribution in [3.05, 3.63) is 0 Å². The van der Waals surface area contributed by atoms with Gasteiger partial charge in [0.1, 0.15) is 5.54 Å². The van der Waals surface area contributed by atoms with Crippen LogP contribution in [0.2, 0.25) is 0 Å². The van der Waals surface area contributed by atoms with Gasteiger partial charge in [0.05, 0.1) is 5.75 Å². The average Bonchev–Trinajstić information content (AvgIpc) is 2.31. The summed E-state index contributed by atoms with van der Waals surface area (Å²) in [5.41, 5.74) is 5.05. The highest BCUT2D eigenvalue weighted by molar-refractivity contribution is 7.99. The molecule has 1 saturated heterocycles. The molecule has 1 aliphatic heterocycles. The number of likely N-dealkylation sites (tertiary alicyclic amines) is 1. The Balaban J connectivity index is 2.77. The first-order valence-corrected chi connectivity index (χ1v) is 6.90. The maximum Gasteiger partial charge on any atom is 0.230 e. The number of amidine groups is 1. The number of hydrogen-bond donors (Lipinski definition) is 3. The van der Waals surface area contributed by atoms with Gasteiger partial charge in [0, 0.05) is 13.1 Å². The zero-order valence-corrected chi connectivity index (χ0v) is 11.1. The van der Waals surface area contributed by atoms with Gasteiger partial charge in [0.15, 0.2) is 5.84 Å². The van der Waals surface area contributed by atoms with Crippen molar-refractivity contribution in [1.82, 2.24) is 10.2 Å². The second kappa shape index (κ2) is 6.11. The Labute approximate surface area is 106 Å². The standard InChI is InChI=1S/C10H20N4O2S/c1-14-5-3-10(4-6-14,9(11)13-16)12-8(15)7-17-2/h16H,3-7H2,1-2H3,(H2,11,13)(H,12,15). The summed E-state index contributed by atoms with van der Waals surface area (Å²) < 4.78 is 0. The molecule has 0 atom stereocenters. The van der Waals surface area contributed by atoms with E-state index in [1.54, 1.807) is 0 Å². The molecule has 0 aromatic heterocycles. The fourth-order valence-corrected chi connectivity index (χ4v) is 2.31. The van der Waals surface area contributed by atoms with Gasteiger partial charge in [0.25, 0.3) is 0 Å². The molecule has 0 bridgehead atoms. The van der Waals surface area contributed by atoms with E-state index in [2.05, 4.69) is 15.4 Å². The van der Waals surface area contributed by atoms with E-state index in [4.69, 9.17) is 10.9 Å². The molecular weight excluding hydrogens is 240 g/mol. The van der Waals surface area contributed by atoms with Crippen molar-refractivity contribution >= 4 is 23.5 Å². The first-order valence-electron chi connectivity index (χ1n) is 5.50. The monoisotopic (exact) mass is 260 g/mol. The summed E-state index contributed by atoms with van der Waals surface area (Å²) in [6.45, 7) is 1.63. The number of nitrogens with zero attached hydrogens (tertiary/aromatic N) is 2. The third-order valence-electron chi connectivity index (χ3n) is 3.09. The summed E-state index contributed by atoms with van der Waals surface area (Å²) in [5, 5.41) is 14.8. The van der Waals surface area contributed by atoms with Gasteiger partial charge in [-0.1, -0.05) is 5.16 Å². The van der Waals surface area contributed by atoms with E-state index in [0.717, 1.165) is 13.1 Å². The van der Waals surface area contributed by atoms with Gasteiger partial charge >= 0.3 is 0 Å². The summed E-state index contributed by atoms with van der Waals surface area (Å²) in [7, 11) is 2.01. The molecule has 0 unspecified atom stereocenters. The molecule has 0 aromatic rings. The van der Waals surface area contributed by atoms with E-state index >= 15 is 0 Å². The lowest BCUT2D eigenvalue weighted by atomic mass is 9.86. The third kappa shape index (κ3) is 3.50. The van der Waals surface area contributed by atoms with Crippen LogP contribution in [0.25, 0.3) is 0 Å². The van der Waals surface area contributed by atoms with Crippen molar-refractivity contribution in [3.8, 4) is 0 Å². The number of hydrogen-bond acceptors (Lipinski definition) is 5. The molecule has 1 fully saturated rings. The molecule has 0 aromatic carbocycles. The summed E-state index contributed by atoms with van der Waals surface area (Å²) in [5.74, 6) is 0.407. The van der Waals surface area contributed by atoms with E-state index in [0.29, 0.717) is 18.6 Å². The summed E-state index contributed by atoms with van der Waals surface area (Å²) in [6, 6.07) is 0. The van der Waals surface area contributed by atoms with E-state index in [9.17, 15) is 4.79 Å². The molecule has 98 valence electrons. The molecule has 0 aliphatic carbocycles. The quantitative estimate of drug-likeness (QED) is 0.279. The fourth-order valence-electron chi connectivity index (χ4n) is 1.98. The number of thioether (sulfide) groups is 1. The Morgan fingerprint density at radius 2 is 2.18 bits per heavy atom. The number of piperidine rings is 1. The number of nitrogens with one attached hydrogen (secondary N) is 1. The molecule has 1 heterocycles. The molecule has 1 rings (SSSR count). The minimum absolute atomic E-state index is 0.0753. The van der Waals surface area contributed by atoms with Crippen LogP contribution in [0.15, 0.2) is 5.16 Å². The third-order valence-corrected chi connectivity index (χ3v) is 3.64. The minimum Gasteiger partial charge on any atom is -0.409 e. The number of nitrogens with two attached hydrogens (primary N) is 1. The van der Waals surface area contributed by atoms with Crippen LogP contribution in [0.4, 0.5) is 0 Å². The second-order valence-corrected chi connectivity index (χ2v) is 5.22.